The van der Waals surface area contributed by atoms with E-state index in [9.17, 15) is 17.6 Å². The minimum Gasteiger partial charge on any atom is -0.290 e. The van der Waals surface area contributed by atoms with Crippen LogP contribution in [0.3, 0.4) is 0 Å². The molecule has 1 aromatic carbocycles. The molecule has 1 aliphatic carbocycles. The fourth-order valence-corrected chi connectivity index (χ4v) is 7.01. The van der Waals surface area contributed by atoms with Crippen molar-refractivity contribution >= 4 is 33.2 Å². The summed E-state index contributed by atoms with van der Waals surface area (Å²) in [5, 5.41) is 14.0. The Labute approximate surface area is 209 Å². The summed E-state index contributed by atoms with van der Waals surface area (Å²) in [4.78, 5) is 18.2. The maximum Gasteiger partial charge on any atom is 0.264 e. The van der Waals surface area contributed by atoms with Crippen LogP contribution in [0.5, 0.6) is 0 Å². The first-order chi connectivity index (χ1) is 17.3. The predicted molar refractivity (Wildman–Crippen MR) is 128 cm³/mol. The number of carbonyl (C=O) groups is 1. The van der Waals surface area contributed by atoms with Crippen molar-refractivity contribution in [3.63, 3.8) is 0 Å². The summed E-state index contributed by atoms with van der Waals surface area (Å²) in [5.74, 6) is -0.564. The van der Waals surface area contributed by atoms with E-state index in [4.69, 9.17) is 0 Å². The molecule has 2 aliphatic rings. The Kier molecular flexibility index (Phi) is 5.24. The Hall–Kier alpha value is -3.55. The lowest BCUT2D eigenvalue weighted by molar-refractivity contribution is 0.0775. The van der Waals surface area contributed by atoms with Gasteiger partial charge in [-0.2, -0.15) is 9.40 Å². The molecular formula is C23H20FN7O3S2. The molecule has 1 saturated heterocycles. The van der Waals surface area contributed by atoms with Gasteiger partial charge in [0.15, 0.2) is 5.01 Å². The van der Waals surface area contributed by atoms with Crippen molar-refractivity contribution in [2.75, 3.05) is 13.1 Å². The molecular weight excluding hydrogens is 505 g/mol. The van der Waals surface area contributed by atoms with Crippen LogP contribution in [0.15, 0.2) is 58.8 Å². The number of benzene rings is 1. The lowest BCUT2D eigenvalue weighted by atomic mass is 9.66. The number of rotatable bonds is 5. The van der Waals surface area contributed by atoms with Crippen LogP contribution in [0.4, 0.5) is 4.39 Å². The number of aryl methyl sites for hydroxylation is 1. The SMILES string of the molecule is Cn1cc(S(=O)(=O)N2CCC3=Cc4c(cnn4-c4ccc(F)cc4)CC3(C(=O)c3nccs3)C2)nn1. The number of fused-ring (bicyclic) bond motifs is 2. The number of nitrogens with zero attached hydrogens (tertiary/aromatic N) is 7. The highest BCUT2D eigenvalue weighted by Crippen LogP contribution is 2.47. The highest BCUT2D eigenvalue weighted by molar-refractivity contribution is 7.89. The minimum absolute atomic E-state index is 0.0443. The van der Waals surface area contributed by atoms with Gasteiger partial charge in [0.2, 0.25) is 10.8 Å². The number of hydrogen-bond acceptors (Lipinski definition) is 8. The summed E-state index contributed by atoms with van der Waals surface area (Å²) in [6.45, 7) is 0.148. The average molecular weight is 526 g/mol. The molecule has 4 aromatic rings. The molecule has 36 heavy (non-hydrogen) atoms. The smallest absolute Gasteiger partial charge is 0.264 e. The molecule has 0 amide bonds. The first kappa shape index (κ1) is 22.9. The van der Waals surface area contributed by atoms with Crippen molar-refractivity contribution in [2.24, 2.45) is 12.5 Å². The molecule has 0 N–H and O–H groups in total. The summed E-state index contributed by atoms with van der Waals surface area (Å²) < 4.78 is 44.6. The normalized spacial score (nSPS) is 20.0. The van der Waals surface area contributed by atoms with Crippen LogP contribution in [-0.2, 0) is 23.5 Å². The van der Waals surface area contributed by atoms with Gasteiger partial charge in [-0.3, -0.25) is 9.48 Å². The topological polar surface area (TPSA) is 116 Å². The van der Waals surface area contributed by atoms with E-state index >= 15 is 0 Å². The molecule has 0 bridgehead atoms. The fourth-order valence-electron chi connectivity index (χ4n) is 4.93. The van der Waals surface area contributed by atoms with Gasteiger partial charge in [-0.1, -0.05) is 10.8 Å². The van der Waals surface area contributed by atoms with Crippen LogP contribution < -0.4 is 0 Å². The average Bonchev–Trinajstić information content (AvgIpc) is 3.63. The van der Waals surface area contributed by atoms with E-state index in [1.165, 1.54) is 38.7 Å². The molecule has 10 nitrogen and oxygen atoms in total. The molecule has 0 radical (unpaired) electrons. The second-order valence-electron chi connectivity index (χ2n) is 8.86. The van der Waals surface area contributed by atoms with Crippen molar-refractivity contribution in [2.45, 2.75) is 17.9 Å². The lowest BCUT2D eigenvalue weighted by Gasteiger charge is -2.44. The largest absolute Gasteiger partial charge is 0.290 e. The van der Waals surface area contributed by atoms with E-state index in [-0.39, 0.29) is 36.1 Å². The van der Waals surface area contributed by atoms with Crippen molar-refractivity contribution in [1.29, 1.82) is 0 Å². The number of thiazole rings is 1. The van der Waals surface area contributed by atoms with Gasteiger partial charge in [0, 0.05) is 31.7 Å². The van der Waals surface area contributed by atoms with Gasteiger partial charge in [0.1, 0.15) is 5.82 Å². The van der Waals surface area contributed by atoms with Gasteiger partial charge < -0.3 is 0 Å². The Bertz CT molecular complexity index is 1610. The van der Waals surface area contributed by atoms with Crippen molar-refractivity contribution in [3.05, 3.63) is 75.9 Å². The first-order valence-electron chi connectivity index (χ1n) is 11.1. The van der Waals surface area contributed by atoms with Gasteiger partial charge >= 0.3 is 0 Å². The third kappa shape index (κ3) is 3.53. The highest BCUT2D eigenvalue weighted by atomic mass is 32.2. The van der Waals surface area contributed by atoms with E-state index in [2.05, 4.69) is 20.4 Å². The van der Waals surface area contributed by atoms with Crippen LogP contribution in [0.1, 0.15) is 27.5 Å². The molecule has 184 valence electrons. The number of carbonyl (C=O) groups excluding carboxylic acids is 1. The second kappa shape index (κ2) is 8.25. The number of sulfonamides is 1. The summed E-state index contributed by atoms with van der Waals surface area (Å²) in [6, 6.07) is 6.01. The van der Waals surface area contributed by atoms with Crippen LogP contribution >= 0.6 is 11.3 Å². The van der Waals surface area contributed by atoms with E-state index < -0.39 is 15.4 Å². The molecule has 3 aromatic heterocycles. The monoisotopic (exact) mass is 525 g/mol. The standard InChI is InChI=1S/C23H20FN7O3S2/c1-29-13-20(27-28-29)36(33,34)30-8-6-16-10-19-15(12-26-31(19)18-4-2-17(24)3-5-18)11-23(16,14-30)21(32)22-25-7-9-35-22/h2-5,7,9-10,12-13H,6,8,11,14H2,1H3. The van der Waals surface area contributed by atoms with Gasteiger partial charge in [0.25, 0.3) is 10.0 Å². The number of aromatic nitrogens is 6. The van der Waals surface area contributed by atoms with E-state index in [1.807, 2.05) is 6.08 Å². The number of piperidine rings is 1. The second-order valence-corrected chi connectivity index (χ2v) is 11.6. The Morgan fingerprint density at radius 2 is 2.03 bits per heavy atom. The van der Waals surface area contributed by atoms with Gasteiger partial charge in [0.05, 0.1) is 29.2 Å². The quantitative estimate of drug-likeness (QED) is 0.368. The summed E-state index contributed by atoms with van der Waals surface area (Å²) in [7, 11) is -2.37. The minimum atomic E-state index is -3.97. The fraction of sp³-hybridized carbons (Fsp3) is 0.261. The maximum atomic E-state index is 13.9. The zero-order valence-electron chi connectivity index (χ0n) is 19.1. The van der Waals surface area contributed by atoms with Crippen molar-refractivity contribution in [3.8, 4) is 5.69 Å². The summed E-state index contributed by atoms with van der Waals surface area (Å²) in [6.07, 6.45) is 7.13. The Morgan fingerprint density at radius 3 is 2.72 bits per heavy atom. The van der Waals surface area contributed by atoms with Gasteiger partial charge in [-0.05, 0) is 48.7 Å². The highest BCUT2D eigenvalue weighted by Gasteiger charge is 2.52. The third-order valence-electron chi connectivity index (χ3n) is 6.70. The molecule has 1 atom stereocenters. The number of hydrogen-bond donors (Lipinski definition) is 0. The van der Waals surface area contributed by atoms with Crippen molar-refractivity contribution < 1.29 is 17.6 Å². The predicted octanol–water partition coefficient (Wildman–Crippen LogP) is 2.50. The molecule has 0 saturated carbocycles. The molecule has 1 aliphatic heterocycles. The van der Waals surface area contributed by atoms with E-state index in [0.717, 1.165) is 16.8 Å². The van der Waals surface area contributed by atoms with Crippen molar-refractivity contribution in [1.82, 2.24) is 34.1 Å². The van der Waals surface area contributed by atoms with E-state index in [1.54, 1.807) is 41.6 Å². The zero-order chi connectivity index (χ0) is 25.1. The van der Waals surface area contributed by atoms with Crippen LogP contribution in [0, 0.1) is 11.2 Å². The molecule has 1 unspecified atom stereocenters. The summed E-state index contributed by atoms with van der Waals surface area (Å²) >= 11 is 1.23. The Balaban J connectivity index is 1.45. The van der Waals surface area contributed by atoms with Crippen LogP contribution in [-0.4, -0.2) is 61.4 Å². The Morgan fingerprint density at radius 1 is 1.22 bits per heavy atom. The third-order valence-corrected chi connectivity index (χ3v) is 9.18. The maximum absolute atomic E-state index is 13.9. The molecule has 1 fully saturated rings. The lowest BCUT2D eigenvalue weighted by Crippen LogP contribution is -2.53. The number of Topliss-reactive ketones (excluding diaryl/α,β-unsaturated/α-hetero) is 1. The number of ketones is 1. The van der Waals surface area contributed by atoms with Crippen LogP contribution in [0.2, 0.25) is 0 Å². The van der Waals surface area contributed by atoms with Crippen LogP contribution in [0.25, 0.3) is 11.8 Å². The molecule has 0 spiro atoms. The molecule has 4 heterocycles. The first-order valence-corrected chi connectivity index (χ1v) is 13.4. The summed E-state index contributed by atoms with van der Waals surface area (Å²) in [5.41, 5.74) is 1.98. The van der Waals surface area contributed by atoms with Gasteiger partial charge in [-0.15, -0.1) is 16.4 Å². The van der Waals surface area contributed by atoms with E-state index in [0.29, 0.717) is 17.1 Å². The molecule has 6 rings (SSSR count). The number of halogens is 1. The van der Waals surface area contributed by atoms with Gasteiger partial charge in [-0.25, -0.2) is 22.5 Å². The molecule has 13 heteroatoms. The zero-order valence-corrected chi connectivity index (χ0v) is 20.7.